The number of hydrogen-bond acceptors (Lipinski definition) is 12. The number of carbonyl (C=O) groups is 2. The topological polar surface area (TPSA) is 211 Å². The number of pyridine rings is 1. The Morgan fingerprint density at radius 2 is 1.90 bits per heavy atom. The first-order valence-corrected chi connectivity index (χ1v) is 13.9. The van der Waals surface area contributed by atoms with Crippen molar-refractivity contribution in [2.45, 2.75) is 39.3 Å². The van der Waals surface area contributed by atoms with Gasteiger partial charge in [0.2, 0.25) is 0 Å². The Balaban J connectivity index is 0.000000797. The third kappa shape index (κ3) is 9.87. The third-order valence-corrected chi connectivity index (χ3v) is 6.75. The lowest BCUT2D eigenvalue weighted by atomic mass is 10.3. The number of fused-ring (bicyclic) bond motifs is 1. The third-order valence-electron chi connectivity index (χ3n) is 4.97. The van der Waals surface area contributed by atoms with E-state index in [-0.39, 0.29) is 12.8 Å². The van der Waals surface area contributed by atoms with Crippen LogP contribution >= 0.6 is 7.52 Å². The van der Waals surface area contributed by atoms with Gasteiger partial charge in [-0.1, -0.05) is 18.2 Å². The summed E-state index contributed by atoms with van der Waals surface area (Å²) in [5, 5.41) is 10.1. The fraction of sp³-hybridized carbons (Fsp3) is 0.320. The Morgan fingerprint density at radius 1 is 1.26 bits per heavy atom. The number of nitrogens with zero attached hydrogens (tertiary/aromatic N) is 3. The Kier molecular flexibility index (Phi) is 12.9. The molecule has 3 heterocycles. The molecular formula is C25H29FN5O10P. The van der Waals surface area contributed by atoms with E-state index in [4.69, 9.17) is 44.0 Å². The second-order valence-electron chi connectivity index (χ2n) is 8.21. The van der Waals surface area contributed by atoms with Crippen molar-refractivity contribution in [2.75, 3.05) is 18.7 Å². The number of aliphatic carboxylic acids is 1. The number of ether oxygens (including phenoxy) is 3. The Hall–Kier alpha value is -4.46. The van der Waals surface area contributed by atoms with E-state index >= 15 is 0 Å². The quantitative estimate of drug-likeness (QED) is 0.223. The molecule has 0 saturated heterocycles. The lowest BCUT2D eigenvalue weighted by Gasteiger charge is -2.24. The van der Waals surface area contributed by atoms with E-state index in [1.807, 2.05) is 0 Å². The van der Waals surface area contributed by atoms with Crippen LogP contribution in [0.2, 0.25) is 0 Å². The lowest BCUT2D eigenvalue weighted by Crippen LogP contribution is -2.36. The number of para-hydroxylation sites is 1. The number of halogens is 1. The zero-order valence-corrected chi connectivity index (χ0v) is 23.6. The van der Waals surface area contributed by atoms with Gasteiger partial charge in [-0.2, -0.15) is 9.59 Å². The summed E-state index contributed by atoms with van der Waals surface area (Å²) in [6.07, 6.45) is 1.28. The summed E-state index contributed by atoms with van der Waals surface area (Å²) in [6.45, 7) is 4.40. The number of carboxylic acid groups (broad SMARTS) is 1. The number of esters is 1. The van der Waals surface area contributed by atoms with Crippen molar-refractivity contribution in [1.29, 1.82) is 0 Å². The summed E-state index contributed by atoms with van der Waals surface area (Å²) in [4.78, 5) is 45.7. The number of nitrogens with one attached hydrogen (secondary N) is 1. The molecule has 1 aliphatic rings. The highest BCUT2D eigenvalue weighted by Crippen LogP contribution is 2.45. The summed E-state index contributed by atoms with van der Waals surface area (Å²) in [5.74, 6) is -1.79. The van der Waals surface area contributed by atoms with Crippen LogP contribution < -0.4 is 15.3 Å². The van der Waals surface area contributed by atoms with Gasteiger partial charge in [0.15, 0.2) is 30.3 Å². The SMILES string of the molecule is CC(=O)O.CCOC(=O)[C@H](C)N[P@](=O)(CO[C@@H]1C=C(F)[C@H](n2cnc3c(N)ccnc32)O1)Oc1ccccc1.O=C=O. The minimum Gasteiger partial charge on any atom is -0.481 e. The van der Waals surface area contributed by atoms with Crippen molar-refractivity contribution in [3.63, 3.8) is 0 Å². The number of nitrogens with two attached hydrogens (primary N) is 1. The number of benzene rings is 1. The number of anilines is 1. The maximum absolute atomic E-state index is 14.8. The molecule has 3 aromatic rings. The first-order chi connectivity index (χ1) is 19.9. The molecule has 4 N–H and O–H groups in total. The molecule has 17 heteroatoms. The van der Waals surface area contributed by atoms with Crippen LogP contribution in [-0.4, -0.2) is 63.0 Å². The van der Waals surface area contributed by atoms with E-state index in [2.05, 4.69) is 15.1 Å². The molecule has 0 radical (unpaired) electrons. The summed E-state index contributed by atoms with van der Waals surface area (Å²) >= 11 is 0. The van der Waals surface area contributed by atoms with E-state index in [9.17, 15) is 13.8 Å². The molecule has 15 nitrogen and oxygen atoms in total. The van der Waals surface area contributed by atoms with Crippen LogP contribution in [0.25, 0.3) is 11.2 Å². The molecule has 1 aromatic carbocycles. The van der Waals surface area contributed by atoms with Gasteiger partial charge in [0.05, 0.1) is 18.6 Å². The second kappa shape index (κ2) is 16.1. The molecule has 0 unspecified atom stereocenters. The van der Waals surface area contributed by atoms with Crippen molar-refractivity contribution in [1.82, 2.24) is 19.6 Å². The van der Waals surface area contributed by atoms with Gasteiger partial charge in [-0.3, -0.25) is 18.7 Å². The predicted molar refractivity (Wildman–Crippen MR) is 143 cm³/mol. The van der Waals surface area contributed by atoms with E-state index in [0.717, 1.165) is 13.0 Å². The van der Waals surface area contributed by atoms with Crippen LogP contribution in [0.1, 0.15) is 27.0 Å². The van der Waals surface area contributed by atoms with Crippen LogP contribution in [-0.2, 0) is 38.0 Å². The van der Waals surface area contributed by atoms with Crippen LogP contribution in [0, 0.1) is 0 Å². The molecule has 1 aliphatic heterocycles. The molecule has 0 fully saturated rings. The fourth-order valence-corrected chi connectivity index (χ4v) is 5.06. The van der Waals surface area contributed by atoms with Crippen molar-refractivity contribution < 1.29 is 52.0 Å². The van der Waals surface area contributed by atoms with Gasteiger partial charge in [-0.25, -0.2) is 19.4 Å². The fourth-order valence-electron chi connectivity index (χ4n) is 3.38. The number of carbonyl (C=O) groups excluding carboxylic acids is 3. The van der Waals surface area contributed by atoms with Gasteiger partial charge >= 0.3 is 19.6 Å². The number of nitrogen functional groups attached to an aromatic ring is 1. The molecule has 0 bridgehead atoms. The van der Waals surface area contributed by atoms with Gasteiger partial charge in [0.25, 0.3) is 5.97 Å². The molecule has 0 aliphatic carbocycles. The Labute approximate surface area is 238 Å². The summed E-state index contributed by atoms with van der Waals surface area (Å²) in [6, 6.07) is 9.02. The van der Waals surface area contributed by atoms with E-state index in [1.54, 1.807) is 43.3 Å². The normalized spacial score (nSPS) is 17.7. The number of hydrogen-bond donors (Lipinski definition) is 3. The lowest BCUT2D eigenvalue weighted by molar-refractivity contribution is -0.191. The molecule has 42 heavy (non-hydrogen) atoms. The molecule has 0 spiro atoms. The smallest absolute Gasteiger partial charge is 0.373 e. The highest BCUT2D eigenvalue weighted by atomic mass is 31.2. The monoisotopic (exact) mass is 609 g/mol. The number of aromatic nitrogens is 3. The average Bonchev–Trinajstić information content (AvgIpc) is 3.52. The van der Waals surface area contributed by atoms with Crippen LogP contribution in [0.4, 0.5) is 10.1 Å². The van der Waals surface area contributed by atoms with E-state index in [0.29, 0.717) is 22.6 Å². The van der Waals surface area contributed by atoms with E-state index < -0.39 is 50.2 Å². The van der Waals surface area contributed by atoms with Crippen molar-refractivity contribution in [3.8, 4) is 5.75 Å². The maximum atomic E-state index is 14.8. The second-order valence-corrected chi connectivity index (χ2v) is 10.3. The van der Waals surface area contributed by atoms with Crippen molar-refractivity contribution in [3.05, 3.63) is 60.8 Å². The van der Waals surface area contributed by atoms with Gasteiger partial charge < -0.3 is 29.6 Å². The minimum absolute atomic E-state index is 0.163. The molecule has 4 atom stereocenters. The van der Waals surface area contributed by atoms with Gasteiger partial charge in [0, 0.05) is 19.2 Å². The Bertz CT molecular complexity index is 1460. The molecular weight excluding hydrogens is 580 g/mol. The van der Waals surface area contributed by atoms with Gasteiger partial charge in [-0.05, 0) is 32.0 Å². The van der Waals surface area contributed by atoms with Gasteiger partial charge in [0.1, 0.15) is 17.3 Å². The van der Waals surface area contributed by atoms with Crippen LogP contribution in [0.15, 0.2) is 60.8 Å². The van der Waals surface area contributed by atoms with E-state index in [1.165, 1.54) is 24.0 Å². The first-order valence-electron chi connectivity index (χ1n) is 12.1. The zero-order chi connectivity index (χ0) is 31.3. The summed E-state index contributed by atoms with van der Waals surface area (Å²) in [5.41, 5.74) is 7.03. The predicted octanol–water partition coefficient (Wildman–Crippen LogP) is 3.02. The highest BCUT2D eigenvalue weighted by Gasteiger charge is 2.36. The zero-order valence-electron chi connectivity index (χ0n) is 22.7. The number of imidazole rings is 1. The first kappa shape index (κ1) is 33.7. The van der Waals surface area contributed by atoms with Crippen molar-refractivity contribution in [2.24, 2.45) is 0 Å². The van der Waals surface area contributed by atoms with Crippen LogP contribution in [0.5, 0.6) is 5.75 Å². The molecule has 4 rings (SSSR count). The molecule has 0 saturated carbocycles. The summed E-state index contributed by atoms with van der Waals surface area (Å²) in [7, 11) is -3.83. The number of carboxylic acids is 1. The average molecular weight is 610 g/mol. The minimum atomic E-state index is -3.83. The summed E-state index contributed by atoms with van der Waals surface area (Å²) < 4.78 is 51.6. The largest absolute Gasteiger partial charge is 0.481 e. The van der Waals surface area contributed by atoms with Crippen molar-refractivity contribution >= 4 is 42.5 Å². The molecule has 226 valence electrons. The standard InChI is InChI=1S/C22H25FN5O6P.C2H4O2.CO2/c1-3-31-22(29)14(2)27-35(30,34-15-7-5-4-6-8-15)13-32-18-11-16(23)21(33-18)28-12-26-19-17(24)9-10-25-20(19)28;1-2(3)4;2-1-3/h4-12,14,18,21H,3,13H2,1-2H3,(H2,24,25)(H,27,30);1H3,(H,3,4);/t14-,18-,21+,35-;;/m0../s1. The van der Waals surface area contributed by atoms with Gasteiger partial charge in [-0.15, -0.1) is 0 Å². The maximum Gasteiger partial charge on any atom is 0.373 e. The van der Waals surface area contributed by atoms with Crippen LogP contribution in [0.3, 0.4) is 0 Å². The molecule has 0 amide bonds. The number of rotatable bonds is 10. The Morgan fingerprint density at radius 3 is 2.52 bits per heavy atom. The highest BCUT2D eigenvalue weighted by molar-refractivity contribution is 7.57. The molecule has 2 aromatic heterocycles.